The van der Waals surface area contributed by atoms with Crippen molar-refractivity contribution in [1.82, 2.24) is 4.90 Å². The zero-order chi connectivity index (χ0) is 15.9. The van der Waals surface area contributed by atoms with Gasteiger partial charge in [0.15, 0.2) is 0 Å². The maximum atomic E-state index is 9.86. The largest absolute Gasteiger partial charge is 0.492 e. The van der Waals surface area contributed by atoms with Gasteiger partial charge < -0.3 is 19.5 Å². The second kappa shape index (κ2) is 7.82. The van der Waals surface area contributed by atoms with Gasteiger partial charge in [0.05, 0.1) is 6.10 Å². The predicted molar refractivity (Wildman–Crippen MR) is 87.6 cm³/mol. The summed E-state index contributed by atoms with van der Waals surface area (Å²) in [5.41, 5.74) is 0.763. The van der Waals surface area contributed by atoms with Crippen LogP contribution in [0.15, 0.2) is 48.5 Å². The van der Waals surface area contributed by atoms with Crippen LogP contribution in [0.25, 0.3) is 0 Å². The molecule has 1 atom stereocenters. The molecule has 0 aliphatic heterocycles. The standard InChI is InChI=1S/C18H23NO3/c1-14(20)17-10-9-16(22-15-7-5-4-6-8-15)13-18(17)21-12-11-19(2)3/h4-10,13-14,20H,11-12H2,1-3H3. The number of benzene rings is 2. The van der Waals surface area contributed by atoms with Gasteiger partial charge in [0, 0.05) is 18.2 Å². The van der Waals surface area contributed by atoms with Crippen LogP contribution in [-0.4, -0.2) is 37.3 Å². The van der Waals surface area contributed by atoms with Gasteiger partial charge in [-0.2, -0.15) is 0 Å². The van der Waals surface area contributed by atoms with Gasteiger partial charge in [0.25, 0.3) is 0 Å². The molecule has 0 fully saturated rings. The number of aliphatic hydroxyl groups excluding tert-OH is 1. The van der Waals surface area contributed by atoms with E-state index in [1.165, 1.54) is 0 Å². The minimum Gasteiger partial charge on any atom is -0.492 e. The van der Waals surface area contributed by atoms with E-state index in [9.17, 15) is 5.11 Å². The van der Waals surface area contributed by atoms with Crippen molar-refractivity contribution in [1.29, 1.82) is 0 Å². The molecule has 0 aliphatic carbocycles. The van der Waals surface area contributed by atoms with Gasteiger partial charge in [-0.05, 0) is 45.3 Å². The highest BCUT2D eigenvalue weighted by atomic mass is 16.5. The molecule has 0 saturated heterocycles. The molecule has 22 heavy (non-hydrogen) atoms. The summed E-state index contributed by atoms with van der Waals surface area (Å²) in [6.07, 6.45) is -0.583. The van der Waals surface area contributed by atoms with E-state index in [0.717, 1.165) is 17.9 Å². The molecule has 0 spiro atoms. The third kappa shape index (κ3) is 4.76. The van der Waals surface area contributed by atoms with Gasteiger partial charge in [-0.3, -0.25) is 0 Å². The lowest BCUT2D eigenvalue weighted by molar-refractivity contribution is 0.188. The SMILES string of the molecule is CC(O)c1ccc(Oc2ccccc2)cc1OCCN(C)C. The van der Waals surface area contributed by atoms with E-state index < -0.39 is 6.10 Å². The summed E-state index contributed by atoms with van der Waals surface area (Å²) in [7, 11) is 3.99. The molecule has 0 amide bonds. The summed E-state index contributed by atoms with van der Waals surface area (Å²) in [5, 5.41) is 9.86. The molecule has 1 unspecified atom stereocenters. The van der Waals surface area contributed by atoms with Crippen molar-refractivity contribution >= 4 is 0 Å². The Balaban J connectivity index is 2.15. The molecular weight excluding hydrogens is 278 g/mol. The van der Waals surface area contributed by atoms with Crippen LogP contribution in [0.1, 0.15) is 18.6 Å². The molecule has 0 aromatic heterocycles. The van der Waals surface area contributed by atoms with Gasteiger partial charge in [-0.25, -0.2) is 0 Å². The number of hydrogen-bond donors (Lipinski definition) is 1. The zero-order valence-electron chi connectivity index (χ0n) is 13.3. The van der Waals surface area contributed by atoms with Gasteiger partial charge in [-0.1, -0.05) is 18.2 Å². The number of para-hydroxylation sites is 1. The molecule has 4 heteroatoms. The van der Waals surface area contributed by atoms with Crippen LogP contribution in [0, 0.1) is 0 Å². The van der Waals surface area contributed by atoms with Crippen molar-refractivity contribution in [3.05, 3.63) is 54.1 Å². The van der Waals surface area contributed by atoms with E-state index in [-0.39, 0.29) is 0 Å². The van der Waals surface area contributed by atoms with Gasteiger partial charge in [0.1, 0.15) is 23.9 Å². The summed E-state index contributed by atoms with van der Waals surface area (Å²) >= 11 is 0. The van der Waals surface area contributed by atoms with Crippen LogP contribution in [-0.2, 0) is 0 Å². The fraction of sp³-hybridized carbons (Fsp3) is 0.333. The van der Waals surface area contributed by atoms with Crippen molar-refractivity contribution in [3.63, 3.8) is 0 Å². The molecule has 2 aromatic carbocycles. The van der Waals surface area contributed by atoms with Gasteiger partial charge in [0.2, 0.25) is 0 Å². The molecule has 0 heterocycles. The Hall–Kier alpha value is -2.04. The Labute approximate surface area is 131 Å². The second-order valence-corrected chi connectivity index (χ2v) is 5.44. The molecule has 2 aromatic rings. The first-order chi connectivity index (χ1) is 10.6. The van der Waals surface area contributed by atoms with Crippen LogP contribution in [0.3, 0.4) is 0 Å². The molecule has 118 valence electrons. The Kier molecular flexibility index (Phi) is 5.81. The molecule has 0 radical (unpaired) electrons. The second-order valence-electron chi connectivity index (χ2n) is 5.44. The first-order valence-electron chi connectivity index (χ1n) is 7.38. The van der Waals surface area contributed by atoms with Crippen LogP contribution < -0.4 is 9.47 Å². The summed E-state index contributed by atoms with van der Waals surface area (Å²) in [6.45, 7) is 3.09. The molecule has 0 saturated carbocycles. The third-order valence-electron chi connectivity index (χ3n) is 3.21. The fourth-order valence-corrected chi connectivity index (χ4v) is 2.01. The molecule has 1 N–H and O–H groups in total. The molecular formula is C18H23NO3. The highest BCUT2D eigenvalue weighted by Gasteiger charge is 2.11. The van der Waals surface area contributed by atoms with E-state index in [4.69, 9.17) is 9.47 Å². The Morgan fingerprint density at radius 1 is 1.05 bits per heavy atom. The van der Waals surface area contributed by atoms with Crippen molar-refractivity contribution in [2.24, 2.45) is 0 Å². The van der Waals surface area contributed by atoms with E-state index in [1.54, 1.807) is 6.92 Å². The first kappa shape index (κ1) is 16.3. The minimum atomic E-state index is -0.583. The molecule has 0 aliphatic rings. The van der Waals surface area contributed by atoms with Crippen molar-refractivity contribution in [2.45, 2.75) is 13.0 Å². The highest BCUT2D eigenvalue weighted by molar-refractivity contribution is 5.43. The van der Waals surface area contributed by atoms with Crippen molar-refractivity contribution in [3.8, 4) is 17.2 Å². The predicted octanol–water partition coefficient (Wildman–Crippen LogP) is 3.47. The van der Waals surface area contributed by atoms with E-state index in [0.29, 0.717) is 18.1 Å². The topological polar surface area (TPSA) is 41.9 Å². The molecule has 4 nitrogen and oxygen atoms in total. The quantitative estimate of drug-likeness (QED) is 0.850. The number of aliphatic hydroxyl groups is 1. The molecule has 0 bridgehead atoms. The Morgan fingerprint density at radius 3 is 2.41 bits per heavy atom. The number of rotatable bonds is 7. The average Bonchev–Trinajstić information content (AvgIpc) is 2.48. The normalized spacial score (nSPS) is 12.2. The average molecular weight is 301 g/mol. The Morgan fingerprint density at radius 2 is 1.77 bits per heavy atom. The monoisotopic (exact) mass is 301 g/mol. The summed E-state index contributed by atoms with van der Waals surface area (Å²) < 4.78 is 11.6. The van der Waals surface area contributed by atoms with E-state index in [2.05, 4.69) is 0 Å². The summed E-state index contributed by atoms with van der Waals surface area (Å²) in [5.74, 6) is 2.12. The minimum absolute atomic E-state index is 0.557. The summed E-state index contributed by atoms with van der Waals surface area (Å²) in [6, 6.07) is 15.1. The summed E-state index contributed by atoms with van der Waals surface area (Å²) in [4.78, 5) is 2.05. The van der Waals surface area contributed by atoms with Crippen LogP contribution in [0.4, 0.5) is 0 Å². The van der Waals surface area contributed by atoms with Crippen LogP contribution in [0.2, 0.25) is 0 Å². The lowest BCUT2D eigenvalue weighted by Gasteiger charge is -2.17. The van der Waals surface area contributed by atoms with Crippen molar-refractivity contribution < 1.29 is 14.6 Å². The number of likely N-dealkylation sites (N-methyl/N-ethyl adjacent to an activating group) is 1. The third-order valence-corrected chi connectivity index (χ3v) is 3.21. The fourth-order valence-electron chi connectivity index (χ4n) is 2.01. The lowest BCUT2D eigenvalue weighted by atomic mass is 10.1. The van der Waals surface area contributed by atoms with Gasteiger partial charge in [-0.15, -0.1) is 0 Å². The zero-order valence-corrected chi connectivity index (χ0v) is 13.3. The Bertz CT molecular complexity index is 582. The number of hydrogen-bond acceptors (Lipinski definition) is 4. The van der Waals surface area contributed by atoms with Gasteiger partial charge >= 0.3 is 0 Å². The lowest BCUT2D eigenvalue weighted by Crippen LogP contribution is -2.19. The highest BCUT2D eigenvalue weighted by Crippen LogP contribution is 2.31. The van der Waals surface area contributed by atoms with E-state index in [1.807, 2.05) is 67.5 Å². The molecule has 2 rings (SSSR count). The first-order valence-corrected chi connectivity index (χ1v) is 7.38. The number of nitrogens with zero attached hydrogens (tertiary/aromatic N) is 1. The number of ether oxygens (including phenoxy) is 2. The van der Waals surface area contributed by atoms with Crippen molar-refractivity contribution in [2.75, 3.05) is 27.2 Å². The van der Waals surface area contributed by atoms with Crippen LogP contribution >= 0.6 is 0 Å². The maximum absolute atomic E-state index is 9.86. The smallest absolute Gasteiger partial charge is 0.131 e. The van der Waals surface area contributed by atoms with Crippen LogP contribution in [0.5, 0.6) is 17.2 Å². The van der Waals surface area contributed by atoms with E-state index >= 15 is 0 Å². The maximum Gasteiger partial charge on any atom is 0.131 e.